The summed E-state index contributed by atoms with van der Waals surface area (Å²) in [6, 6.07) is 10.9. The third-order valence-corrected chi connectivity index (χ3v) is 5.16. The smallest absolute Gasteiger partial charge is 0.228 e. The lowest BCUT2D eigenvalue weighted by molar-refractivity contribution is -0.133. The number of likely N-dealkylation sites (tertiary alicyclic amines) is 1. The van der Waals surface area contributed by atoms with E-state index in [4.69, 9.17) is 0 Å². The van der Waals surface area contributed by atoms with E-state index in [2.05, 4.69) is 46.1 Å². The average molecular weight is 316 g/mol. The minimum Gasteiger partial charge on any atom is -0.348 e. The highest BCUT2D eigenvalue weighted by atomic mass is 16.2. The summed E-state index contributed by atoms with van der Waals surface area (Å²) in [4.78, 5) is 16.6. The van der Waals surface area contributed by atoms with Gasteiger partial charge in [-0.3, -0.25) is 15.6 Å². The zero-order valence-corrected chi connectivity index (χ0v) is 14.2. The van der Waals surface area contributed by atoms with Gasteiger partial charge >= 0.3 is 0 Å². The monoisotopic (exact) mass is 316 g/mol. The molecule has 2 saturated heterocycles. The van der Waals surface area contributed by atoms with Crippen molar-refractivity contribution in [1.29, 1.82) is 0 Å². The van der Waals surface area contributed by atoms with Gasteiger partial charge in [0.15, 0.2) is 0 Å². The molecule has 1 amide bonds. The Labute approximate surface area is 139 Å². The van der Waals surface area contributed by atoms with Gasteiger partial charge in [0.2, 0.25) is 5.91 Å². The van der Waals surface area contributed by atoms with E-state index in [1.807, 2.05) is 14.1 Å². The summed E-state index contributed by atoms with van der Waals surface area (Å²) in [6.07, 6.45) is 2.27. The first-order valence-electron chi connectivity index (χ1n) is 8.61. The van der Waals surface area contributed by atoms with Crippen molar-refractivity contribution in [2.75, 3.05) is 40.3 Å². The number of carbonyl (C=O) groups is 1. The molecule has 3 unspecified atom stereocenters. The second-order valence-electron chi connectivity index (χ2n) is 6.98. The van der Waals surface area contributed by atoms with Gasteiger partial charge in [-0.1, -0.05) is 30.3 Å². The Morgan fingerprint density at radius 3 is 2.83 bits per heavy atom. The lowest BCUT2D eigenvalue weighted by Crippen LogP contribution is -2.44. The van der Waals surface area contributed by atoms with E-state index in [-0.39, 0.29) is 17.9 Å². The molecule has 0 spiro atoms. The van der Waals surface area contributed by atoms with Crippen LogP contribution in [0.25, 0.3) is 0 Å². The number of nitrogens with zero attached hydrogens (tertiary/aromatic N) is 2. The van der Waals surface area contributed by atoms with Crippen molar-refractivity contribution in [1.82, 2.24) is 20.7 Å². The fourth-order valence-electron chi connectivity index (χ4n) is 3.82. The van der Waals surface area contributed by atoms with Crippen LogP contribution >= 0.6 is 0 Å². The number of hydrogen-bond donors (Lipinski definition) is 2. The van der Waals surface area contributed by atoms with E-state index in [1.165, 1.54) is 12.0 Å². The fraction of sp³-hybridized carbons (Fsp3) is 0.611. The summed E-state index contributed by atoms with van der Waals surface area (Å²) in [5.41, 5.74) is 7.95. The number of amides is 1. The second kappa shape index (κ2) is 7.43. The highest BCUT2D eigenvalue weighted by Crippen LogP contribution is 2.26. The largest absolute Gasteiger partial charge is 0.348 e. The van der Waals surface area contributed by atoms with Crippen molar-refractivity contribution in [3.63, 3.8) is 0 Å². The number of benzene rings is 1. The molecule has 5 nitrogen and oxygen atoms in total. The summed E-state index contributed by atoms with van der Waals surface area (Å²) in [6.45, 7) is 4.07. The normalized spacial score (nSPS) is 28.2. The molecular weight excluding hydrogens is 288 g/mol. The Morgan fingerprint density at radius 1 is 1.30 bits per heavy atom. The van der Waals surface area contributed by atoms with Crippen LogP contribution in [0.1, 0.15) is 12.0 Å². The first-order valence-corrected chi connectivity index (χ1v) is 8.61. The van der Waals surface area contributed by atoms with Crippen molar-refractivity contribution in [3.05, 3.63) is 35.9 Å². The van der Waals surface area contributed by atoms with Crippen LogP contribution in [0.3, 0.4) is 0 Å². The Morgan fingerprint density at radius 2 is 2.09 bits per heavy atom. The van der Waals surface area contributed by atoms with Crippen LogP contribution < -0.4 is 10.9 Å². The number of nitrogens with one attached hydrogen (secondary N) is 2. The molecule has 3 rings (SSSR count). The van der Waals surface area contributed by atoms with Crippen molar-refractivity contribution >= 4 is 5.91 Å². The molecule has 2 aliphatic rings. The molecule has 2 heterocycles. The molecule has 0 bridgehead atoms. The topological polar surface area (TPSA) is 47.6 Å². The van der Waals surface area contributed by atoms with Gasteiger partial charge in [-0.05, 0) is 30.9 Å². The quantitative estimate of drug-likeness (QED) is 0.841. The van der Waals surface area contributed by atoms with Crippen molar-refractivity contribution in [2.45, 2.75) is 18.9 Å². The zero-order chi connectivity index (χ0) is 16.2. The van der Waals surface area contributed by atoms with E-state index >= 15 is 0 Å². The van der Waals surface area contributed by atoms with Gasteiger partial charge < -0.3 is 9.80 Å². The maximum Gasteiger partial charge on any atom is 0.228 e. The number of hydrazine groups is 1. The lowest BCUT2D eigenvalue weighted by Gasteiger charge is -2.26. The number of carbonyl (C=O) groups excluding carboxylic acids is 1. The Kier molecular flexibility index (Phi) is 5.30. The summed E-state index contributed by atoms with van der Waals surface area (Å²) >= 11 is 0. The van der Waals surface area contributed by atoms with Gasteiger partial charge in [-0.2, -0.15) is 0 Å². The summed E-state index contributed by atoms with van der Waals surface area (Å²) in [7, 11) is 3.69. The molecule has 5 heteroatoms. The first-order chi connectivity index (χ1) is 11.1. The molecule has 23 heavy (non-hydrogen) atoms. The van der Waals surface area contributed by atoms with Crippen LogP contribution in [-0.4, -0.2) is 62.0 Å². The minimum absolute atomic E-state index is 0.0593. The van der Waals surface area contributed by atoms with Crippen LogP contribution in [0.4, 0.5) is 0 Å². The van der Waals surface area contributed by atoms with Gasteiger partial charge in [0, 0.05) is 39.8 Å². The van der Waals surface area contributed by atoms with Crippen molar-refractivity contribution in [3.8, 4) is 0 Å². The van der Waals surface area contributed by atoms with E-state index in [9.17, 15) is 4.79 Å². The van der Waals surface area contributed by atoms with Gasteiger partial charge in [0.1, 0.15) is 0 Å². The predicted octanol–water partition coefficient (Wildman–Crippen LogP) is 0.732. The Hall–Kier alpha value is -1.43. The number of hydrogen-bond acceptors (Lipinski definition) is 4. The first kappa shape index (κ1) is 16.4. The summed E-state index contributed by atoms with van der Waals surface area (Å²) in [5, 5.41) is 0. The minimum atomic E-state index is 0.0593. The van der Waals surface area contributed by atoms with Gasteiger partial charge in [-0.15, -0.1) is 0 Å². The van der Waals surface area contributed by atoms with Crippen LogP contribution in [0.2, 0.25) is 0 Å². The van der Waals surface area contributed by atoms with Crippen LogP contribution in [0.5, 0.6) is 0 Å². The van der Waals surface area contributed by atoms with Crippen LogP contribution in [-0.2, 0) is 11.2 Å². The maximum absolute atomic E-state index is 12.3. The highest BCUT2D eigenvalue weighted by Gasteiger charge is 2.41. The average Bonchev–Trinajstić information content (AvgIpc) is 3.22. The summed E-state index contributed by atoms with van der Waals surface area (Å²) in [5.74, 6) is 0.842. The van der Waals surface area contributed by atoms with Gasteiger partial charge in [-0.25, -0.2) is 0 Å². The Balaban J connectivity index is 1.52. The van der Waals surface area contributed by atoms with E-state index in [0.717, 1.165) is 32.6 Å². The molecule has 1 aromatic rings. The molecule has 0 aliphatic carbocycles. The Bertz CT molecular complexity index is 519. The molecule has 1 aromatic carbocycles. The third-order valence-electron chi connectivity index (χ3n) is 5.16. The molecule has 2 fully saturated rings. The maximum atomic E-state index is 12.3. The lowest BCUT2D eigenvalue weighted by atomic mass is 9.88. The van der Waals surface area contributed by atoms with E-state index in [0.29, 0.717) is 5.92 Å². The molecule has 0 saturated carbocycles. The highest BCUT2D eigenvalue weighted by molar-refractivity contribution is 5.79. The second-order valence-corrected chi connectivity index (χ2v) is 6.98. The standard InChI is InChI=1S/C18H28N4O/c1-21(2)18(23)16-12-19-20-17(16)15-9-11-22(13-15)10-8-14-6-4-3-5-7-14/h3-7,15-17,19-20H,8-13H2,1-2H3. The third kappa shape index (κ3) is 3.91. The zero-order valence-electron chi connectivity index (χ0n) is 14.2. The van der Waals surface area contributed by atoms with E-state index < -0.39 is 0 Å². The molecule has 3 atom stereocenters. The van der Waals surface area contributed by atoms with Crippen LogP contribution in [0.15, 0.2) is 30.3 Å². The molecule has 2 aliphatic heterocycles. The SMILES string of the molecule is CN(C)C(=O)C1CNNC1C1CCN(CCc2ccccc2)C1. The van der Waals surface area contributed by atoms with E-state index in [1.54, 1.807) is 4.90 Å². The predicted molar refractivity (Wildman–Crippen MR) is 91.8 cm³/mol. The molecule has 2 N–H and O–H groups in total. The van der Waals surface area contributed by atoms with Crippen LogP contribution in [0, 0.1) is 11.8 Å². The molecular formula is C18H28N4O. The molecule has 0 radical (unpaired) electrons. The van der Waals surface area contributed by atoms with Crippen molar-refractivity contribution in [2.24, 2.45) is 11.8 Å². The van der Waals surface area contributed by atoms with Gasteiger partial charge in [0.25, 0.3) is 0 Å². The van der Waals surface area contributed by atoms with Gasteiger partial charge in [0.05, 0.1) is 5.92 Å². The fourth-order valence-corrected chi connectivity index (χ4v) is 3.82. The molecule has 126 valence electrons. The molecule has 0 aromatic heterocycles. The summed E-state index contributed by atoms with van der Waals surface area (Å²) < 4.78 is 0. The van der Waals surface area contributed by atoms with Crippen molar-refractivity contribution < 1.29 is 4.79 Å². The number of rotatable bonds is 5.